The van der Waals surface area contributed by atoms with Crippen molar-refractivity contribution in [1.82, 2.24) is 4.98 Å². The molecule has 1 aromatic heterocycles. The Balaban J connectivity index is 2.05. The average molecular weight is 248 g/mol. The Morgan fingerprint density at radius 3 is 3.12 bits per heavy atom. The van der Waals surface area contributed by atoms with E-state index in [4.69, 9.17) is 5.73 Å². The smallest absolute Gasteiger partial charge is 0.180 e. The molecule has 0 radical (unpaired) electrons. The summed E-state index contributed by atoms with van der Waals surface area (Å²) in [6.45, 7) is 0. The van der Waals surface area contributed by atoms with Gasteiger partial charge >= 0.3 is 0 Å². The first-order valence-corrected chi connectivity index (χ1v) is 6.56. The van der Waals surface area contributed by atoms with Gasteiger partial charge in [-0.1, -0.05) is 12.1 Å². The first-order chi connectivity index (χ1) is 8.24. The third kappa shape index (κ3) is 1.93. The summed E-state index contributed by atoms with van der Waals surface area (Å²) in [6, 6.07) is 6.85. The molecule has 0 saturated heterocycles. The SMILES string of the molecule is Nc1nc2c(s1)C(c1cccc(F)c1)CCC2. The number of hydrogen-bond acceptors (Lipinski definition) is 3. The number of thiazole rings is 1. The van der Waals surface area contributed by atoms with Crippen LogP contribution in [0.2, 0.25) is 0 Å². The van der Waals surface area contributed by atoms with Gasteiger partial charge in [0.1, 0.15) is 5.82 Å². The van der Waals surface area contributed by atoms with Crippen molar-refractivity contribution < 1.29 is 4.39 Å². The summed E-state index contributed by atoms with van der Waals surface area (Å²) in [5.74, 6) is 0.0939. The molecule has 0 amide bonds. The van der Waals surface area contributed by atoms with Gasteiger partial charge in [-0.25, -0.2) is 9.37 Å². The standard InChI is InChI=1S/C13H13FN2S/c14-9-4-1-3-8(7-9)10-5-2-6-11-12(10)17-13(15)16-11/h1,3-4,7,10H,2,5-6H2,(H2,15,16). The lowest BCUT2D eigenvalue weighted by Gasteiger charge is -2.21. The molecule has 3 rings (SSSR count). The monoisotopic (exact) mass is 248 g/mol. The molecular weight excluding hydrogens is 235 g/mol. The number of halogens is 1. The van der Waals surface area contributed by atoms with Gasteiger partial charge in [-0.05, 0) is 37.0 Å². The Morgan fingerprint density at radius 2 is 2.29 bits per heavy atom. The minimum Gasteiger partial charge on any atom is -0.375 e. The molecule has 1 aromatic carbocycles. The van der Waals surface area contributed by atoms with Gasteiger partial charge in [0.2, 0.25) is 0 Å². The van der Waals surface area contributed by atoms with E-state index in [1.54, 1.807) is 23.5 Å². The summed E-state index contributed by atoms with van der Waals surface area (Å²) >= 11 is 1.54. The number of fused-ring (bicyclic) bond motifs is 1. The topological polar surface area (TPSA) is 38.9 Å². The number of nitrogens with two attached hydrogens (primary N) is 1. The lowest BCUT2D eigenvalue weighted by molar-refractivity contribution is 0.599. The van der Waals surface area contributed by atoms with E-state index >= 15 is 0 Å². The summed E-state index contributed by atoms with van der Waals surface area (Å²) in [5.41, 5.74) is 7.90. The number of nitrogens with zero attached hydrogens (tertiary/aromatic N) is 1. The van der Waals surface area contributed by atoms with E-state index < -0.39 is 0 Å². The predicted octanol–water partition coefficient (Wildman–Crippen LogP) is 3.33. The fraction of sp³-hybridized carbons (Fsp3) is 0.308. The summed E-state index contributed by atoms with van der Waals surface area (Å²) in [5, 5.41) is 0.623. The van der Waals surface area contributed by atoms with Gasteiger partial charge in [0.15, 0.2) is 5.13 Å². The normalized spacial score (nSPS) is 19.0. The number of rotatable bonds is 1. The van der Waals surface area contributed by atoms with Crippen molar-refractivity contribution >= 4 is 16.5 Å². The van der Waals surface area contributed by atoms with E-state index in [1.165, 1.54) is 10.9 Å². The Hall–Kier alpha value is -1.42. The number of hydrogen-bond donors (Lipinski definition) is 1. The molecule has 2 nitrogen and oxygen atoms in total. The zero-order valence-corrected chi connectivity index (χ0v) is 10.1. The van der Waals surface area contributed by atoms with Gasteiger partial charge in [0.05, 0.1) is 5.69 Å². The van der Waals surface area contributed by atoms with Crippen LogP contribution in [0.4, 0.5) is 9.52 Å². The van der Waals surface area contributed by atoms with Crippen molar-refractivity contribution in [3.8, 4) is 0 Å². The van der Waals surface area contributed by atoms with Crippen molar-refractivity contribution in [2.24, 2.45) is 0 Å². The van der Waals surface area contributed by atoms with Crippen LogP contribution < -0.4 is 5.73 Å². The first kappa shape index (κ1) is 10.7. The summed E-state index contributed by atoms with van der Waals surface area (Å²) in [7, 11) is 0. The van der Waals surface area contributed by atoms with E-state index in [-0.39, 0.29) is 11.7 Å². The average Bonchev–Trinajstić information content (AvgIpc) is 2.68. The number of nitrogen functional groups attached to an aromatic ring is 1. The molecule has 0 spiro atoms. The molecule has 0 saturated carbocycles. The van der Waals surface area contributed by atoms with Crippen molar-refractivity contribution in [3.05, 3.63) is 46.2 Å². The van der Waals surface area contributed by atoms with Crippen LogP contribution in [0, 0.1) is 5.82 Å². The molecule has 0 aliphatic heterocycles. The molecule has 2 aromatic rings. The number of aromatic nitrogens is 1. The predicted molar refractivity (Wildman–Crippen MR) is 67.7 cm³/mol. The lowest BCUT2D eigenvalue weighted by Crippen LogP contribution is -2.09. The number of benzene rings is 1. The zero-order valence-electron chi connectivity index (χ0n) is 9.32. The molecule has 0 fully saturated rings. The molecule has 2 N–H and O–H groups in total. The van der Waals surface area contributed by atoms with Crippen LogP contribution in [0.25, 0.3) is 0 Å². The van der Waals surface area contributed by atoms with Gasteiger partial charge in [0, 0.05) is 10.8 Å². The fourth-order valence-electron chi connectivity index (χ4n) is 2.48. The molecular formula is C13H13FN2S. The zero-order chi connectivity index (χ0) is 11.8. The minimum absolute atomic E-state index is 0.174. The Kier molecular flexibility index (Phi) is 2.59. The highest BCUT2D eigenvalue weighted by atomic mass is 32.1. The van der Waals surface area contributed by atoms with Crippen molar-refractivity contribution in [2.45, 2.75) is 25.2 Å². The molecule has 1 atom stereocenters. The number of aryl methyl sites for hydroxylation is 1. The van der Waals surface area contributed by atoms with Crippen LogP contribution in [-0.2, 0) is 6.42 Å². The van der Waals surface area contributed by atoms with Crippen LogP contribution in [0.5, 0.6) is 0 Å². The Labute approximate surface area is 103 Å². The van der Waals surface area contributed by atoms with Crippen molar-refractivity contribution in [1.29, 1.82) is 0 Å². The quantitative estimate of drug-likeness (QED) is 0.840. The molecule has 88 valence electrons. The summed E-state index contributed by atoms with van der Waals surface area (Å²) < 4.78 is 13.3. The van der Waals surface area contributed by atoms with E-state index in [2.05, 4.69) is 4.98 Å². The van der Waals surface area contributed by atoms with Crippen LogP contribution in [0.3, 0.4) is 0 Å². The molecule has 1 aliphatic rings. The second-order valence-corrected chi connectivity index (χ2v) is 5.43. The van der Waals surface area contributed by atoms with Gasteiger partial charge in [-0.3, -0.25) is 0 Å². The van der Waals surface area contributed by atoms with Crippen LogP contribution in [-0.4, -0.2) is 4.98 Å². The maximum Gasteiger partial charge on any atom is 0.180 e. The summed E-state index contributed by atoms with van der Waals surface area (Å²) in [4.78, 5) is 5.57. The maximum atomic E-state index is 13.3. The minimum atomic E-state index is -0.174. The van der Waals surface area contributed by atoms with E-state index in [0.29, 0.717) is 5.13 Å². The second kappa shape index (κ2) is 4.11. The maximum absolute atomic E-state index is 13.3. The third-order valence-corrected chi connectivity index (χ3v) is 4.26. The number of anilines is 1. The molecule has 0 bridgehead atoms. The van der Waals surface area contributed by atoms with Crippen LogP contribution in [0.1, 0.15) is 34.9 Å². The second-order valence-electron chi connectivity index (χ2n) is 4.36. The van der Waals surface area contributed by atoms with E-state index in [9.17, 15) is 4.39 Å². The van der Waals surface area contributed by atoms with E-state index in [1.807, 2.05) is 6.07 Å². The third-order valence-electron chi connectivity index (χ3n) is 3.22. The van der Waals surface area contributed by atoms with Crippen molar-refractivity contribution in [3.63, 3.8) is 0 Å². The van der Waals surface area contributed by atoms with Gasteiger partial charge in [0.25, 0.3) is 0 Å². The highest BCUT2D eigenvalue weighted by Crippen LogP contribution is 2.40. The summed E-state index contributed by atoms with van der Waals surface area (Å²) in [6.07, 6.45) is 3.14. The Bertz CT molecular complexity index is 550. The van der Waals surface area contributed by atoms with Gasteiger partial charge < -0.3 is 5.73 Å². The molecule has 1 aliphatic carbocycles. The first-order valence-electron chi connectivity index (χ1n) is 5.74. The fourth-order valence-corrected chi connectivity index (χ4v) is 3.52. The van der Waals surface area contributed by atoms with Gasteiger partial charge in [-0.15, -0.1) is 11.3 Å². The van der Waals surface area contributed by atoms with Gasteiger partial charge in [-0.2, -0.15) is 0 Å². The van der Waals surface area contributed by atoms with Crippen LogP contribution in [0.15, 0.2) is 24.3 Å². The lowest BCUT2D eigenvalue weighted by atomic mass is 9.86. The van der Waals surface area contributed by atoms with E-state index in [0.717, 1.165) is 30.5 Å². The molecule has 1 heterocycles. The molecule has 17 heavy (non-hydrogen) atoms. The molecule has 4 heteroatoms. The van der Waals surface area contributed by atoms with Crippen LogP contribution >= 0.6 is 11.3 Å². The Morgan fingerprint density at radius 1 is 1.41 bits per heavy atom. The highest BCUT2D eigenvalue weighted by Gasteiger charge is 2.25. The van der Waals surface area contributed by atoms with Crippen molar-refractivity contribution in [2.75, 3.05) is 5.73 Å². The molecule has 1 unspecified atom stereocenters. The highest BCUT2D eigenvalue weighted by molar-refractivity contribution is 7.15. The largest absolute Gasteiger partial charge is 0.375 e.